The van der Waals surface area contributed by atoms with E-state index in [1.165, 1.54) is 12.1 Å². The Balaban J connectivity index is 1.99. The van der Waals surface area contributed by atoms with E-state index < -0.39 is 21.5 Å². The molecule has 2 rings (SSSR count). The average Bonchev–Trinajstić information content (AvgIpc) is 2.46. The van der Waals surface area contributed by atoms with Gasteiger partial charge in [0.25, 0.3) is 0 Å². The van der Waals surface area contributed by atoms with E-state index in [4.69, 9.17) is 11.6 Å². The minimum absolute atomic E-state index is 0.144. The summed E-state index contributed by atoms with van der Waals surface area (Å²) < 4.78 is 24.3. The number of hydrogen-bond acceptors (Lipinski definition) is 3. The summed E-state index contributed by atoms with van der Waals surface area (Å²) in [6.07, 6.45) is 0. The normalized spacial score (nSPS) is 11.2. The van der Waals surface area contributed by atoms with Gasteiger partial charge in [-0.15, -0.1) is 0 Å². The second-order valence-corrected chi connectivity index (χ2v) is 7.34. The van der Waals surface area contributed by atoms with Crippen LogP contribution in [0.3, 0.4) is 0 Å². The first-order valence-electron chi connectivity index (χ1n) is 6.68. The van der Waals surface area contributed by atoms with Crippen LogP contribution in [0, 0.1) is 6.92 Å². The lowest BCUT2D eigenvalue weighted by Crippen LogP contribution is -2.30. The van der Waals surface area contributed by atoms with E-state index >= 15 is 0 Å². The number of sulfone groups is 1. The predicted molar refractivity (Wildman–Crippen MR) is 86.5 cm³/mol. The molecule has 0 unspecified atom stereocenters. The minimum Gasteiger partial charge on any atom is -0.351 e. The van der Waals surface area contributed by atoms with Crippen LogP contribution in [0.15, 0.2) is 53.4 Å². The van der Waals surface area contributed by atoms with Crippen LogP contribution in [0.1, 0.15) is 11.1 Å². The topological polar surface area (TPSA) is 63.2 Å². The summed E-state index contributed by atoms with van der Waals surface area (Å²) >= 11 is 5.98. The third-order valence-corrected chi connectivity index (χ3v) is 5.14. The largest absolute Gasteiger partial charge is 0.351 e. The molecule has 116 valence electrons. The van der Waals surface area contributed by atoms with Crippen molar-refractivity contribution < 1.29 is 13.2 Å². The van der Waals surface area contributed by atoms with E-state index in [-0.39, 0.29) is 11.4 Å². The quantitative estimate of drug-likeness (QED) is 0.912. The number of halogens is 1. The van der Waals surface area contributed by atoms with E-state index in [1.54, 1.807) is 36.4 Å². The monoisotopic (exact) mass is 337 g/mol. The van der Waals surface area contributed by atoms with Gasteiger partial charge >= 0.3 is 0 Å². The van der Waals surface area contributed by atoms with Crippen LogP contribution in [-0.2, 0) is 21.2 Å². The fraction of sp³-hybridized carbons (Fsp3) is 0.188. The van der Waals surface area contributed by atoms with Crippen molar-refractivity contribution in [2.75, 3.05) is 5.75 Å². The zero-order chi connectivity index (χ0) is 16.2. The van der Waals surface area contributed by atoms with Gasteiger partial charge in [-0.1, -0.05) is 47.5 Å². The van der Waals surface area contributed by atoms with Crippen LogP contribution in [0.4, 0.5) is 0 Å². The van der Waals surface area contributed by atoms with Crippen molar-refractivity contribution in [3.63, 3.8) is 0 Å². The SMILES string of the molecule is Cc1ccc(S(=O)(=O)CC(=O)NCc2ccccc2Cl)cc1. The highest BCUT2D eigenvalue weighted by Gasteiger charge is 2.19. The molecule has 0 heterocycles. The van der Waals surface area contributed by atoms with E-state index in [0.717, 1.165) is 11.1 Å². The number of hydrogen-bond donors (Lipinski definition) is 1. The standard InChI is InChI=1S/C16H16ClNO3S/c1-12-6-8-14(9-7-12)22(20,21)11-16(19)18-10-13-4-2-3-5-15(13)17/h2-9H,10-11H2,1H3,(H,18,19). The Hall–Kier alpha value is -1.85. The van der Waals surface area contributed by atoms with Gasteiger partial charge in [0.1, 0.15) is 5.75 Å². The first kappa shape index (κ1) is 16.5. The van der Waals surface area contributed by atoms with Gasteiger partial charge in [0.15, 0.2) is 9.84 Å². The number of aryl methyl sites for hydroxylation is 1. The van der Waals surface area contributed by atoms with Crippen LogP contribution in [0.5, 0.6) is 0 Å². The first-order chi connectivity index (χ1) is 10.4. The summed E-state index contributed by atoms with van der Waals surface area (Å²) in [6.45, 7) is 2.06. The zero-order valence-corrected chi connectivity index (χ0v) is 13.6. The molecular formula is C16H16ClNO3S. The van der Waals surface area contributed by atoms with Crippen LogP contribution in [0.25, 0.3) is 0 Å². The predicted octanol–water partition coefficient (Wildman–Crippen LogP) is 2.74. The second kappa shape index (κ2) is 6.94. The number of carbonyl (C=O) groups excluding carboxylic acids is 1. The number of nitrogens with one attached hydrogen (secondary N) is 1. The maximum atomic E-state index is 12.1. The van der Waals surface area contributed by atoms with Crippen LogP contribution >= 0.6 is 11.6 Å². The van der Waals surface area contributed by atoms with Crippen molar-refractivity contribution in [3.8, 4) is 0 Å². The van der Waals surface area contributed by atoms with Gasteiger partial charge < -0.3 is 5.32 Å². The fourth-order valence-corrected chi connectivity index (χ4v) is 3.26. The van der Waals surface area contributed by atoms with Crippen molar-refractivity contribution >= 4 is 27.3 Å². The van der Waals surface area contributed by atoms with Gasteiger partial charge in [-0.05, 0) is 30.7 Å². The third-order valence-electron chi connectivity index (χ3n) is 3.14. The number of amides is 1. The summed E-state index contributed by atoms with van der Waals surface area (Å²) in [5.74, 6) is -1.14. The molecule has 4 nitrogen and oxygen atoms in total. The van der Waals surface area contributed by atoms with Gasteiger partial charge in [-0.25, -0.2) is 8.42 Å². The van der Waals surface area contributed by atoms with Crippen molar-refractivity contribution in [1.29, 1.82) is 0 Å². The number of benzene rings is 2. The molecule has 2 aromatic carbocycles. The van der Waals surface area contributed by atoms with Crippen LogP contribution in [0.2, 0.25) is 5.02 Å². The molecule has 6 heteroatoms. The molecule has 0 aliphatic heterocycles. The molecule has 0 atom stereocenters. The van der Waals surface area contributed by atoms with E-state index in [0.29, 0.717) is 5.02 Å². The lowest BCUT2D eigenvalue weighted by atomic mass is 10.2. The van der Waals surface area contributed by atoms with Gasteiger partial charge in [0, 0.05) is 11.6 Å². The molecule has 0 fully saturated rings. The minimum atomic E-state index is -3.64. The molecule has 2 aromatic rings. The van der Waals surface area contributed by atoms with Crippen molar-refractivity contribution in [3.05, 3.63) is 64.7 Å². The Morgan fingerprint density at radius 3 is 2.36 bits per heavy atom. The molecule has 0 aliphatic carbocycles. The Morgan fingerprint density at radius 1 is 1.09 bits per heavy atom. The molecule has 0 aromatic heterocycles. The Bertz CT molecular complexity index is 770. The highest BCUT2D eigenvalue weighted by atomic mass is 35.5. The third kappa shape index (κ3) is 4.32. The van der Waals surface area contributed by atoms with E-state index in [9.17, 15) is 13.2 Å². The van der Waals surface area contributed by atoms with Crippen molar-refractivity contribution in [1.82, 2.24) is 5.32 Å². The molecule has 22 heavy (non-hydrogen) atoms. The average molecular weight is 338 g/mol. The van der Waals surface area contributed by atoms with Crippen LogP contribution in [-0.4, -0.2) is 20.1 Å². The van der Waals surface area contributed by atoms with Gasteiger partial charge in [0.2, 0.25) is 5.91 Å². The van der Waals surface area contributed by atoms with Gasteiger partial charge in [-0.3, -0.25) is 4.79 Å². The second-order valence-electron chi connectivity index (χ2n) is 4.94. The Kier molecular flexibility index (Phi) is 5.21. The molecule has 1 N–H and O–H groups in total. The molecule has 0 saturated heterocycles. The molecular weight excluding hydrogens is 322 g/mol. The van der Waals surface area contributed by atoms with Crippen molar-refractivity contribution in [2.45, 2.75) is 18.4 Å². The molecule has 0 bridgehead atoms. The molecule has 0 spiro atoms. The van der Waals surface area contributed by atoms with E-state index in [1.807, 2.05) is 6.92 Å². The number of rotatable bonds is 5. The van der Waals surface area contributed by atoms with E-state index in [2.05, 4.69) is 5.32 Å². The molecule has 1 amide bonds. The van der Waals surface area contributed by atoms with Crippen LogP contribution < -0.4 is 5.32 Å². The molecule has 0 radical (unpaired) electrons. The molecule has 0 saturated carbocycles. The van der Waals surface area contributed by atoms with Gasteiger partial charge in [-0.2, -0.15) is 0 Å². The summed E-state index contributed by atoms with van der Waals surface area (Å²) in [5, 5.41) is 3.11. The Morgan fingerprint density at radius 2 is 1.73 bits per heavy atom. The number of carbonyl (C=O) groups is 1. The molecule has 0 aliphatic rings. The lowest BCUT2D eigenvalue weighted by molar-refractivity contribution is -0.118. The highest BCUT2D eigenvalue weighted by molar-refractivity contribution is 7.92. The zero-order valence-electron chi connectivity index (χ0n) is 12.0. The van der Waals surface area contributed by atoms with Gasteiger partial charge in [0.05, 0.1) is 4.90 Å². The summed E-state index contributed by atoms with van der Waals surface area (Å²) in [5.41, 5.74) is 1.70. The highest BCUT2D eigenvalue weighted by Crippen LogP contribution is 2.15. The Labute approximate surface area is 135 Å². The summed E-state index contributed by atoms with van der Waals surface area (Å²) in [7, 11) is -3.64. The smallest absolute Gasteiger partial charge is 0.235 e. The first-order valence-corrected chi connectivity index (χ1v) is 8.71. The van der Waals surface area contributed by atoms with Crippen molar-refractivity contribution in [2.24, 2.45) is 0 Å². The summed E-state index contributed by atoms with van der Waals surface area (Å²) in [6, 6.07) is 13.5. The lowest BCUT2D eigenvalue weighted by Gasteiger charge is -2.08. The maximum Gasteiger partial charge on any atom is 0.235 e. The maximum absolute atomic E-state index is 12.1. The summed E-state index contributed by atoms with van der Waals surface area (Å²) in [4.78, 5) is 12.0. The fourth-order valence-electron chi connectivity index (χ4n) is 1.89.